The van der Waals surface area contributed by atoms with E-state index < -0.39 is 0 Å². The van der Waals surface area contributed by atoms with Crippen LogP contribution in [0.25, 0.3) is 0 Å². The van der Waals surface area contributed by atoms with E-state index >= 15 is 0 Å². The maximum absolute atomic E-state index is 4.17. The molecule has 1 N–H and O–H groups in total. The first-order chi connectivity index (χ1) is 8.81. The second kappa shape index (κ2) is 6.85. The monoisotopic (exact) mass is 251 g/mol. The number of nitrogens with zero attached hydrogens (tertiary/aromatic N) is 4. The van der Waals surface area contributed by atoms with Crippen LogP contribution in [0.4, 0.5) is 0 Å². The summed E-state index contributed by atoms with van der Waals surface area (Å²) in [6.45, 7) is 10.5. The van der Waals surface area contributed by atoms with Gasteiger partial charge in [-0.1, -0.05) is 19.1 Å². The van der Waals surface area contributed by atoms with E-state index in [4.69, 9.17) is 0 Å². The summed E-state index contributed by atoms with van der Waals surface area (Å²) in [5.74, 6) is 0.963. The maximum atomic E-state index is 4.17. The van der Waals surface area contributed by atoms with Crippen LogP contribution in [0.5, 0.6) is 0 Å². The highest BCUT2D eigenvalue weighted by Crippen LogP contribution is 2.29. The lowest BCUT2D eigenvalue weighted by atomic mass is 10.3. The molecule has 5 nitrogen and oxygen atoms in total. The Bertz CT molecular complexity index is 345. The zero-order chi connectivity index (χ0) is 12.8. The predicted molar refractivity (Wildman–Crippen MR) is 72.2 cm³/mol. The quantitative estimate of drug-likeness (QED) is 0.714. The van der Waals surface area contributed by atoms with Crippen molar-refractivity contribution in [2.45, 2.75) is 39.8 Å². The average Bonchev–Trinajstić information content (AvgIpc) is 3.09. The minimum Gasteiger partial charge on any atom is -0.311 e. The first kappa shape index (κ1) is 13.5. The molecule has 1 aromatic heterocycles. The molecular weight excluding hydrogens is 226 g/mol. The molecule has 1 saturated carbocycles. The van der Waals surface area contributed by atoms with Gasteiger partial charge in [0.25, 0.3) is 0 Å². The number of nitrogens with one attached hydrogen (secondary N) is 1. The molecule has 0 spiro atoms. The van der Waals surface area contributed by atoms with Crippen LogP contribution in [-0.4, -0.2) is 46.1 Å². The van der Waals surface area contributed by atoms with Crippen LogP contribution < -0.4 is 5.32 Å². The number of likely N-dealkylation sites (N-methyl/N-ethyl adjacent to an activating group) is 1. The lowest BCUT2D eigenvalue weighted by Gasteiger charge is -2.19. The third-order valence-corrected chi connectivity index (χ3v) is 3.45. The molecule has 1 aromatic rings. The van der Waals surface area contributed by atoms with Crippen LogP contribution in [0.3, 0.4) is 0 Å². The van der Waals surface area contributed by atoms with Crippen LogP contribution in [0.1, 0.15) is 32.4 Å². The van der Waals surface area contributed by atoms with Gasteiger partial charge in [0.15, 0.2) is 0 Å². The fraction of sp³-hybridized carbons (Fsp3) is 0.846. The molecule has 1 heterocycles. The minimum absolute atomic E-state index is 0.816. The molecule has 0 bridgehead atoms. The fourth-order valence-electron chi connectivity index (χ4n) is 2.07. The SMILES string of the molecule is CCNCc1cn(CCN(CC)CC2CC2)nn1. The average molecular weight is 251 g/mol. The highest BCUT2D eigenvalue weighted by Gasteiger charge is 2.23. The Morgan fingerprint density at radius 2 is 2.28 bits per heavy atom. The van der Waals surface area contributed by atoms with E-state index in [2.05, 4.69) is 34.4 Å². The maximum Gasteiger partial charge on any atom is 0.0964 e. The molecule has 0 aromatic carbocycles. The van der Waals surface area contributed by atoms with Crippen molar-refractivity contribution < 1.29 is 0 Å². The third-order valence-electron chi connectivity index (χ3n) is 3.45. The molecule has 2 rings (SSSR count). The van der Waals surface area contributed by atoms with Crippen molar-refractivity contribution in [3.8, 4) is 0 Å². The van der Waals surface area contributed by atoms with Gasteiger partial charge in [-0.3, -0.25) is 4.68 Å². The van der Waals surface area contributed by atoms with Crippen molar-refractivity contribution in [1.29, 1.82) is 0 Å². The molecule has 1 aliphatic rings. The van der Waals surface area contributed by atoms with Gasteiger partial charge in [0.1, 0.15) is 0 Å². The Morgan fingerprint density at radius 1 is 1.44 bits per heavy atom. The van der Waals surface area contributed by atoms with Crippen molar-refractivity contribution in [3.05, 3.63) is 11.9 Å². The molecule has 0 unspecified atom stereocenters. The number of aromatic nitrogens is 3. The highest BCUT2D eigenvalue weighted by molar-refractivity contribution is 4.91. The zero-order valence-electron chi connectivity index (χ0n) is 11.6. The van der Waals surface area contributed by atoms with Gasteiger partial charge in [-0.2, -0.15) is 0 Å². The van der Waals surface area contributed by atoms with E-state index in [1.165, 1.54) is 19.4 Å². The molecule has 0 radical (unpaired) electrons. The van der Waals surface area contributed by atoms with E-state index in [1.807, 2.05) is 10.9 Å². The summed E-state index contributed by atoms with van der Waals surface area (Å²) in [5.41, 5.74) is 1.03. The van der Waals surface area contributed by atoms with Gasteiger partial charge in [-0.15, -0.1) is 5.10 Å². The normalized spacial score (nSPS) is 15.5. The van der Waals surface area contributed by atoms with Crippen LogP contribution in [0, 0.1) is 5.92 Å². The summed E-state index contributed by atoms with van der Waals surface area (Å²) >= 11 is 0. The third kappa shape index (κ3) is 4.38. The van der Waals surface area contributed by atoms with Gasteiger partial charge in [-0.05, 0) is 31.8 Å². The largest absolute Gasteiger partial charge is 0.311 e. The smallest absolute Gasteiger partial charge is 0.0964 e. The second-order valence-electron chi connectivity index (χ2n) is 5.09. The van der Waals surface area contributed by atoms with Crippen molar-refractivity contribution >= 4 is 0 Å². The van der Waals surface area contributed by atoms with Crippen molar-refractivity contribution in [3.63, 3.8) is 0 Å². The van der Waals surface area contributed by atoms with E-state index in [1.54, 1.807) is 0 Å². The van der Waals surface area contributed by atoms with Crippen molar-refractivity contribution in [2.24, 2.45) is 5.92 Å². The van der Waals surface area contributed by atoms with Crippen LogP contribution >= 0.6 is 0 Å². The summed E-state index contributed by atoms with van der Waals surface area (Å²) in [4.78, 5) is 2.52. The van der Waals surface area contributed by atoms with Crippen LogP contribution in [-0.2, 0) is 13.1 Å². The number of rotatable bonds is 9. The summed E-state index contributed by atoms with van der Waals surface area (Å²) < 4.78 is 1.96. The van der Waals surface area contributed by atoms with Crippen LogP contribution in [0.15, 0.2) is 6.20 Å². The molecular formula is C13H25N5. The van der Waals surface area contributed by atoms with Crippen molar-refractivity contribution in [1.82, 2.24) is 25.2 Å². The Morgan fingerprint density at radius 3 is 2.94 bits per heavy atom. The minimum atomic E-state index is 0.816. The Kier molecular flexibility index (Phi) is 5.13. The summed E-state index contributed by atoms with van der Waals surface area (Å²) in [5, 5.41) is 11.6. The first-order valence-corrected chi connectivity index (χ1v) is 7.14. The molecule has 0 saturated heterocycles. The summed E-state index contributed by atoms with van der Waals surface area (Å²) in [6.07, 6.45) is 4.90. The summed E-state index contributed by atoms with van der Waals surface area (Å²) in [7, 11) is 0. The van der Waals surface area contributed by atoms with E-state index in [0.717, 1.165) is 44.3 Å². The lowest BCUT2D eigenvalue weighted by Crippen LogP contribution is -2.29. The molecule has 5 heteroatoms. The topological polar surface area (TPSA) is 46.0 Å². The Hall–Kier alpha value is -0.940. The first-order valence-electron chi connectivity index (χ1n) is 7.14. The molecule has 1 aliphatic carbocycles. The molecule has 1 fully saturated rings. The molecule has 0 atom stereocenters. The van der Waals surface area contributed by atoms with E-state index in [-0.39, 0.29) is 0 Å². The molecule has 0 amide bonds. The van der Waals surface area contributed by atoms with Crippen molar-refractivity contribution in [2.75, 3.05) is 26.2 Å². The molecule has 0 aliphatic heterocycles. The van der Waals surface area contributed by atoms with E-state index in [0.29, 0.717) is 0 Å². The van der Waals surface area contributed by atoms with Gasteiger partial charge >= 0.3 is 0 Å². The zero-order valence-corrected chi connectivity index (χ0v) is 11.6. The van der Waals surface area contributed by atoms with Gasteiger partial charge < -0.3 is 10.2 Å². The fourth-order valence-corrected chi connectivity index (χ4v) is 2.07. The molecule has 102 valence electrons. The van der Waals surface area contributed by atoms with Crippen LogP contribution in [0.2, 0.25) is 0 Å². The lowest BCUT2D eigenvalue weighted by molar-refractivity contribution is 0.260. The van der Waals surface area contributed by atoms with Gasteiger partial charge in [0.2, 0.25) is 0 Å². The number of hydrogen-bond donors (Lipinski definition) is 1. The molecule has 18 heavy (non-hydrogen) atoms. The summed E-state index contributed by atoms with van der Waals surface area (Å²) in [6, 6.07) is 0. The standard InChI is InChI=1S/C13H25N5/c1-3-14-9-13-11-18(16-15-13)8-7-17(4-2)10-12-5-6-12/h11-12,14H,3-10H2,1-2H3. The predicted octanol–water partition coefficient (Wildman–Crippen LogP) is 1.12. The van der Waals surface area contributed by atoms with E-state index in [9.17, 15) is 0 Å². The Labute approximate surface area is 110 Å². The van der Waals surface area contributed by atoms with Gasteiger partial charge in [0.05, 0.1) is 12.2 Å². The Balaban J connectivity index is 1.72. The van der Waals surface area contributed by atoms with Gasteiger partial charge in [0, 0.05) is 25.8 Å². The second-order valence-corrected chi connectivity index (χ2v) is 5.09. The van der Waals surface area contributed by atoms with Gasteiger partial charge in [-0.25, -0.2) is 0 Å². The highest BCUT2D eigenvalue weighted by atomic mass is 15.4. The number of hydrogen-bond acceptors (Lipinski definition) is 4.